The number of nitrogens with zero attached hydrogens (tertiary/aromatic N) is 2. The zero-order valence-corrected chi connectivity index (χ0v) is 28.0. The van der Waals surface area contributed by atoms with Crippen molar-refractivity contribution in [3.63, 3.8) is 0 Å². The van der Waals surface area contributed by atoms with Gasteiger partial charge in [-0.1, -0.05) is 72.8 Å². The molecule has 4 aromatic rings. The van der Waals surface area contributed by atoms with Crippen molar-refractivity contribution in [2.75, 3.05) is 17.5 Å². The summed E-state index contributed by atoms with van der Waals surface area (Å²) < 4.78 is 35.0. The summed E-state index contributed by atoms with van der Waals surface area (Å²) in [6.45, 7) is 9.51. The topological polar surface area (TPSA) is 96.0 Å². The number of aryl methyl sites for hydroxylation is 1. The molecular weight excluding hydrogens is 598 g/mol. The largest absolute Gasteiger partial charge is 0.494 e. The van der Waals surface area contributed by atoms with Crippen molar-refractivity contribution in [2.45, 2.75) is 64.1 Å². The van der Waals surface area contributed by atoms with Gasteiger partial charge in [-0.3, -0.25) is 13.9 Å². The fourth-order valence-electron chi connectivity index (χ4n) is 5.10. The van der Waals surface area contributed by atoms with Crippen LogP contribution < -0.4 is 14.4 Å². The van der Waals surface area contributed by atoms with Crippen LogP contribution in [0, 0.1) is 6.92 Å². The predicted octanol–water partition coefficient (Wildman–Crippen LogP) is 6.14. The van der Waals surface area contributed by atoms with Gasteiger partial charge in [0.1, 0.15) is 18.3 Å². The Kier molecular flexibility index (Phi) is 11.2. The minimum atomic E-state index is -4.20. The molecule has 8 nitrogen and oxygen atoms in total. The maximum Gasteiger partial charge on any atom is 0.264 e. The lowest BCUT2D eigenvalue weighted by Crippen LogP contribution is -2.56. The van der Waals surface area contributed by atoms with E-state index >= 15 is 0 Å². The molecule has 0 aliphatic rings. The van der Waals surface area contributed by atoms with Gasteiger partial charge < -0.3 is 15.0 Å². The van der Waals surface area contributed by atoms with Crippen LogP contribution >= 0.6 is 0 Å². The number of ether oxygens (including phenoxy) is 1. The van der Waals surface area contributed by atoms with Crippen molar-refractivity contribution in [2.24, 2.45) is 0 Å². The summed E-state index contributed by atoms with van der Waals surface area (Å²) in [5, 5.41) is 3.06. The second kappa shape index (κ2) is 15.1. The van der Waals surface area contributed by atoms with Crippen LogP contribution in [0.4, 0.5) is 5.69 Å². The number of rotatable bonds is 13. The Balaban J connectivity index is 1.80. The molecule has 4 rings (SSSR count). The Labute approximate surface area is 273 Å². The van der Waals surface area contributed by atoms with E-state index in [4.69, 9.17) is 4.74 Å². The molecule has 9 heteroatoms. The Morgan fingerprint density at radius 1 is 0.826 bits per heavy atom. The van der Waals surface area contributed by atoms with Crippen molar-refractivity contribution in [3.8, 4) is 5.75 Å². The number of nitrogens with one attached hydrogen (secondary N) is 1. The lowest BCUT2D eigenvalue weighted by atomic mass is 10.00. The lowest BCUT2D eigenvalue weighted by molar-refractivity contribution is -0.140. The molecule has 0 saturated heterocycles. The number of amides is 2. The summed E-state index contributed by atoms with van der Waals surface area (Å²) in [4.78, 5) is 30.1. The van der Waals surface area contributed by atoms with E-state index in [0.717, 1.165) is 21.0 Å². The number of hydrogen-bond donors (Lipinski definition) is 1. The summed E-state index contributed by atoms with van der Waals surface area (Å²) in [6, 6.07) is 30.9. The third kappa shape index (κ3) is 8.97. The number of benzene rings is 4. The van der Waals surface area contributed by atoms with E-state index in [1.54, 1.807) is 42.5 Å². The van der Waals surface area contributed by atoms with E-state index in [-0.39, 0.29) is 23.8 Å². The van der Waals surface area contributed by atoms with Crippen LogP contribution in [0.3, 0.4) is 0 Å². The molecule has 242 valence electrons. The average molecular weight is 642 g/mol. The SMILES string of the molecule is CCOc1ccc(S(=O)(=O)N(CC(=O)N(Cc2ccccc2C)C(Cc2ccccc2)C(=O)NC(C)(C)C)c2ccccc2)cc1. The number of carbonyl (C=O) groups excluding carboxylic acids is 2. The van der Waals surface area contributed by atoms with Crippen LogP contribution in [-0.4, -0.2) is 49.9 Å². The van der Waals surface area contributed by atoms with E-state index < -0.39 is 34.1 Å². The molecule has 0 aliphatic heterocycles. The zero-order chi connectivity index (χ0) is 33.3. The van der Waals surface area contributed by atoms with E-state index in [1.165, 1.54) is 17.0 Å². The summed E-state index contributed by atoms with van der Waals surface area (Å²) in [6.07, 6.45) is 0.247. The van der Waals surface area contributed by atoms with Crippen molar-refractivity contribution >= 4 is 27.5 Å². The van der Waals surface area contributed by atoms with Gasteiger partial charge in [-0.15, -0.1) is 0 Å². The molecule has 0 radical (unpaired) electrons. The third-order valence-electron chi connectivity index (χ3n) is 7.42. The summed E-state index contributed by atoms with van der Waals surface area (Å²) >= 11 is 0. The molecule has 2 amide bonds. The highest BCUT2D eigenvalue weighted by atomic mass is 32.2. The molecule has 0 aliphatic carbocycles. The summed E-state index contributed by atoms with van der Waals surface area (Å²) in [5.41, 5.74) is 2.46. The van der Waals surface area contributed by atoms with Gasteiger partial charge in [-0.05, 0) is 87.7 Å². The smallest absolute Gasteiger partial charge is 0.264 e. The molecule has 1 unspecified atom stereocenters. The van der Waals surface area contributed by atoms with Gasteiger partial charge in [-0.2, -0.15) is 0 Å². The second-order valence-corrected chi connectivity index (χ2v) is 14.0. The molecular formula is C37H43N3O5S. The van der Waals surface area contributed by atoms with Crippen molar-refractivity contribution in [3.05, 3.63) is 126 Å². The Morgan fingerprint density at radius 3 is 2.00 bits per heavy atom. The molecule has 46 heavy (non-hydrogen) atoms. The average Bonchev–Trinajstić information content (AvgIpc) is 3.02. The lowest BCUT2D eigenvalue weighted by Gasteiger charge is -2.35. The van der Waals surface area contributed by atoms with E-state index in [0.29, 0.717) is 18.0 Å². The quantitative estimate of drug-likeness (QED) is 0.189. The normalized spacial score (nSPS) is 12.2. The number of carbonyl (C=O) groups is 2. The van der Waals surface area contributed by atoms with Gasteiger partial charge in [-0.25, -0.2) is 8.42 Å². The molecule has 1 N–H and O–H groups in total. The zero-order valence-electron chi connectivity index (χ0n) is 27.1. The van der Waals surface area contributed by atoms with Gasteiger partial charge in [0.2, 0.25) is 11.8 Å². The first kappa shape index (κ1) is 34.2. The van der Waals surface area contributed by atoms with Crippen molar-refractivity contribution < 1.29 is 22.7 Å². The van der Waals surface area contributed by atoms with Gasteiger partial charge in [0.05, 0.1) is 17.2 Å². The summed E-state index contributed by atoms with van der Waals surface area (Å²) in [5.74, 6) is -0.285. The first-order chi connectivity index (χ1) is 21.9. The minimum absolute atomic E-state index is 0.0179. The molecule has 0 aromatic heterocycles. The van der Waals surface area contributed by atoms with Crippen LogP contribution in [0.15, 0.2) is 114 Å². The second-order valence-electron chi connectivity index (χ2n) is 12.1. The van der Waals surface area contributed by atoms with Crippen molar-refractivity contribution in [1.29, 1.82) is 0 Å². The third-order valence-corrected chi connectivity index (χ3v) is 9.21. The molecule has 1 atom stereocenters. The molecule has 0 spiro atoms. The Morgan fingerprint density at radius 2 is 1.41 bits per heavy atom. The van der Waals surface area contributed by atoms with Gasteiger partial charge in [0.15, 0.2) is 0 Å². The molecule has 0 saturated carbocycles. The van der Waals surface area contributed by atoms with Gasteiger partial charge >= 0.3 is 0 Å². The minimum Gasteiger partial charge on any atom is -0.494 e. The van der Waals surface area contributed by atoms with Gasteiger partial charge in [0, 0.05) is 18.5 Å². The van der Waals surface area contributed by atoms with Crippen LogP contribution in [0.25, 0.3) is 0 Å². The first-order valence-corrected chi connectivity index (χ1v) is 16.8. The number of para-hydroxylation sites is 1. The van der Waals surface area contributed by atoms with Crippen molar-refractivity contribution in [1.82, 2.24) is 10.2 Å². The van der Waals surface area contributed by atoms with Crippen LogP contribution in [0.1, 0.15) is 44.4 Å². The monoisotopic (exact) mass is 641 g/mol. The Bertz CT molecular complexity index is 1700. The van der Waals surface area contributed by atoms with Crippen LogP contribution in [0.2, 0.25) is 0 Å². The standard InChI is InChI=1S/C37H43N3O5S/c1-6-45-32-21-23-33(24-22-32)46(43,44)40(31-19-11-8-12-20-31)27-35(41)39(26-30-18-14-13-15-28(30)2)34(36(42)38-37(3,4)5)25-29-16-9-7-10-17-29/h7-24,34H,6,25-27H2,1-5H3,(H,38,42). The molecule has 0 fully saturated rings. The Hall–Kier alpha value is -4.63. The number of hydrogen-bond acceptors (Lipinski definition) is 5. The fraction of sp³-hybridized carbons (Fsp3) is 0.297. The molecule has 0 bridgehead atoms. The van der Waals surface area contributed by atoms with E-state index in [1.807, 2.05) is 89.2 Å². The molecule has 4 aromatic carbocycles. The number of sulfonamides is 1. The highest BCUT2D eigenvalue weighted by molar-refractivity contribution is 7.92. The fourth-order valence-corrected chi connectivity index (χ4v) is 6.52. The highest BCUT2D eigenvalue weighted by Crippen LogP contribution is 2.26. The number of anilines is 1. The van der Waals surface area contributed by atoms with Crippen LogP contribution in [-0.2, 0) is 32.6 Å². The van der Waals surface area contributed by atoms with E-state index in [2.05, 4.69) is 5.32 Å². The highest BCUT2D eigenvalue weighted by Gasteiger charge is 2.35. The van der Waals surface area contributed by atoms with Gasteiger partial charge in [0.25, 0.3) is 10.0 Å². The maximum atomic E-state index is 14.6. The first-order valence-electron chi connectivity index (χ1n) is 15.4. The van der Waals surface area contributed by atoms with E-state index in [9.17, 15) is 18.0 Å². The van der Waals surface area contributed by atoms with Crippen LogP contribution in [0.5, 0.6) is 5.75 Å². The predicted molar refractivity (Wildman–Crippen MR) is 182 cm³/mol. The summed E-state index contributed by atoms with van der Waals surface area (Å²) in [7, 11) is -4.20. The molecule has 0 heterocycles. The maximum absolute atomic E-state index is 14.6.